The van der Waals surface area contributed by atoms with Crippen LogP contribution in [0.25, 0.3) is 0 Å². The summed E-state index contributed by atoms with van der Waals surface area (Å²) in [6, 6.07) is 7.45. The minimum absolute atomic E-state index is 0. The second kappa shape index (κ2) is 9.54. The fraction of sp³-hybridized carbons (Fsp3) is 0.429. The zero-order valence-electron chi connectivity index (χ0n) is 9.55. The number of ether oxygens (including phenoxy) is 1. The van der Waals surface area contributed by atoms with Gasteiger partial charge in [-0.05, 0) is 18.6 Å². The standard InChI is InChI=1S/C14H17O.Au/c1-3-5-6-7-12-15-14-10-8-13(4-2)9-11-14;/h8-11H,3,5-7,12H2,1H3;/q-1;+1. The zero-order valence-corrected chi connectivity index (χ0v) is 11.7. The Balaban J connectivity index is 0.00000225. The molecule has 1 nitrogen and oxygen atoms in total. The molecule has 0 unspecified atom stereocenters. The van der Waals surface area contributed by atoms with Gasteiger partial charge in [0.25, 0.3) is 0 Å². The molecular formula is C14H17AuO. The smallest absolute Gasteiger partial charge is 0.494 e. The minimum Gasteiger partial charge on any atom is -0.494 e. The molecule has 0 bridgehead atoms. The second-order valence-corrected chi connectivity index (χ2v) is 3.56. The van der Waals surface area contributed by atoms with E-state index in [9.17, 15) is 0 Å². The van der Waals surface area contributed by atoms with Crippen LogP contribution in [-0.4, -0.2) is 6.61 Å². The molecule has 0 aliphatic carbocycles. The summed E-state index contributed by atoms with van der Waals surface area (Å²) in [6.07, 6.45) is 11.8. The van der Waals surface area contributed by atoms with Gasteiger partial charge in [-0.3, -0.25) is 5.92 Å². The Morgan fingerprint density at radius 2 is 1.81 bits per heavy atom. The topological polar surface area (TPSA) is 9.23 Å². The molecule has 0 saturated heterocycles. The molecule has 1 rings (SSSR count). The van der Waals surface area contributed by atoms with Gasteiger partial charge in [0.05, 0.1) is 6.61 Å². The van der Waals surface area contributed by atoms with E-state index in [1.807, 2.05) is 24.3 Å². The first-order valence-electron chi connectivity index (χ1n) is 5.52. The van der Waals surface area contributed by atoms with Gasteiger partial charge in [0.15, 0.2) is 0 Å². The Morgan fingerprint density at radius 3 is 2.38 bits per heavy atom. The predicted molar refractivity (Wildman–Crippen MR) is 62.3 cm³/mol. The van der Waals surface area contributed by atoms with Crippen molar-refractivity contribution in [3.05, 3.63) is 36.3 Å². The Kier molecular flexibility index (Phi) is 9.13. The molecule has 0 N–H and O–H groups in total. The van der Waals surface area contributed by atoms with Crippen molar-refractivity contribution < 1.29 is 27.1 Å². The maximum absolute atomic E-state index is 6.94. The van der Waals surface area contributed by atoms with Gasteiger partial charge in [-0.2, -0.15) is 0 Å². The Labute approximate surface area is 114 Å². The molecule has 0 heterocycles. The average Bonchev–Trinajstić information content (AvgIpc) is 2.30. The predicted octanol–water partition coefficient (Wildman–Crippen LogP) is 3.58. The van der Waals surface area contributed by atoms with E-state index in [0.29, 0.717) is 0 Å². The molecule has 16 heavy (non-hydrogen) atoms. The molecule has 0 atom stereocenters. The molecule has 0 amide bonds. The molecule has 0 saturated carbocycles. The van der Waals surface area contributed by atoms with Crippen LogP contribution in [0.5, 0.6) is 5.75 Å². The van der Waals surface area contributed by atoms with Gasteiger partial charge in [-0.1, -0.05) is 26.2 Å². The average molecular weight is 398 g/mol. The quantitative estimate of drug-likeness (QED) is 0.308. The van der Waals surface area contributed by atoms with Crippen LogP contribution in [0.1, 0.15) is 38.2 Å². The van der Waals surface area contributed by atoms with Crippen molar-refractivity contribution in [2.45, 2.75) is 32.6 Å². The van der Waals surface area contributed by atoms with E-state index < -0.39 is 0 Å². The summed E-state index contributed by atoms with van der Waals surface area (Å²) < 4.78 is 5.56. The van der Waals surface area contributed by atoms with E-state index in [-0.39, 0.29) is 22.4 Å². The largest absolute Gasteiger partial charge is 1.00 e. The van der Waals surface area contributed by atoms with Gasteiger partial charge < -0.3 is 11.2 Å². The van der Waals surface area contributed by atoms with Crippen LogP contribution in [0.15, 0.2) is 24.3 Å². The van der Waals surface area contributed by atoms with Gasteiger partial charge in [0.2, 0.25) is 0 Å². The molecule has 1 aromatic carbocycles. The van der Waals surface area contributed by atoms with Crippen molar-refractivity contribution in [3.63, 3.8) is 0 Å². The number of hydrogen-bond donors (Lipinski definition) is 0. The molecule has 90 valence electrons. The first kappa shape index (κ1) is 15.3. The van der Waals surface area contributed by atoms with E-state index in [1.165, 1.54) is 19.3 Å². The number of unbranched alkanes of at least 4 members (excludes halogenated alkanes) is 3. The van der Waals surface area contributed by atoms with Crippen LogP contribution >= 0.6 is 0 Å². The van der Waals surface area contributed by atoms with Gasteiger partial charge in [-0.25, -0.2) is 0 Å². The normalized spacial score (nSPS) is 9.00. The third-order valence-corrected chi connectivity index (χ3v) is 2.27. The number of rotatable bonds is 6. The van der Waals surface area contributed by atoms with Gasteiger partial charge >= 0.3 is 22.4 Å². The third-order valence-electron chi connectivity index (χ3n) is 2.27. The molecule has 0 fully saturated rings. The van der Waals surface area contributed by atoms with Crippen molar-refractivity contribution in [1.82, 2.24) is 0 Å². The second-order valence-electron chi connectivity index (χ2n) is 3.56. The van der Waals surface area contributed by atoms with Crippen molar-refractivity contribution in [2.24, 2.45) is 0 Å². The van der Waals surface area contributed by atoms with Crippen molar-refractivity contribution in [3.8, 4) is 11.7 Å². The SMILES string of the molecule is [Au+].[C-]#Cc1ccc(OCCCCCC)cc1. The maximum atomic E-state index is 6.94. The summed E-state index contributed by atoms with van der Waals surface area (Å²) in [5, 5.41) is 0. The van der Waals surface area contributed by atoms with Crippen LogP contribution < -0.4 is 4.74 Å². The van der Waals surface area contributed by atoms with Crippen molar-refractivity contribution in [1.29, 1.82) is 0 Å². The van der Waals surface area contributed by atoms with Gasteiger partial charge in [0.1, 0.15) is 5.75 Å². The summed E-state index contributed by atoms with van der Waals surface area (Å²) in [5.41, 5.74) is 0.785. The molecule has 0 radical (unpaired) electrons. The van der Waals surface area contributed by atoms with E-state index in [2.05, 4.69) is 12.8 Å². The van der Waals surface area contributed by atoms with Crippen LogP contribution in [0, 0.1) is 12.3 Å². The Bertz CT molecular complexity index is 311. The summed E-state index contributed by atoms with van der Waals surface area (Å²) >= 11 is 0. The molecule has 1 aromatic rings. The van der Waals surface area contributed by atoms with Crippen LogP contribution in [0.3, 0.4) is 0 Å². The van der Waals surface area contributed by atoms with Crippen LogP contribution in [0.2, 0.25) is 0 Å². The fourth-order valence-corrected chi connectivity index (χ4v) is 1.35. The molecule has 0 spiro atoms. The van der Waals surface area contributed by atoms with Crippen LogP contribution in [-0.2, 0) is 22.4 Å². The Morgan fingerprint density at radius 1 is 1.12 bits per heavy atom. The third kappa shape index (κ3) is 6.02. The molecule has 0 aliphatic rings. The monoisotopic (exact) mass is 398 g/mol. The molecule has 2 heteroatoms. The Hall–Kier alpha value is -0.680. The van der Waals surface area contributed by atoms with Gasteiger partial charge in [-0.15, -0.1) is 17.7 Å². The summed E-state index contributed by atoms with van der Waals surface area (Å²) in [7, 11) is 0. The van der Waals surface area contributed by atoms with Crippen molar-refractivity contribution >= 4 is 0 Å². The summed E-state index contributed by atoms with van der Waals surface area (Å²) in [4.78, 5) is 0. The van der Waals surface area contributed by atoms with E-state index in [0.717, 1.165) is 24.3 Å². The molecule has 0 aromatic heterocycles. The number of benzene rings is 1. The maximum Gasteiger partial charge on any atom is 1.00 e. The van der Waals surface area contributed by atoms with E-state index in [1.54, 1.807) is 0 Å². The van der Waals surface area contributed by atoms with Crippen LogP contribution in [0.4, 0.5) is 0 Å². The fourth-order valence-electron chi connectivity index (χ4n) is 1.35. The van der Waals surface area contributed by atoms with E-state index >= 15 is 0 Å². The zero-order chi connectivity index (χ0) is 10.9. The summed E-state index contributed by atoms with van der Waals surface area (Å²) in [5.74, 6) is 3.21. The summed E-state index contributed by atoms with van der Waals surface area (Å²) in [6.45, 7) is 2.99. The molecule has 0 aliphatic heterocycles. The number of hydrogen-bond acceptors (Lipinski definition) is 1. The first-order valence-corrected chi connectivity index (χ1v) is 5.52. The van der Waals surface area contributed by atoms with Crippen molar-refractivity contribution in [2.75, 3.05) is 6.61 Å². The minimum atomic E-state index is 0. The first-order chi connectivity index (χ1) is 7.36. The molecular weight excluding hydrogens is 381 g/mol. The van der Waals surface area contributed by atoms with E-state index in [4.69, 9.17) is 11.2 Å². The van der Waals surface area contributed by atoms with Gasteiger partial charge in [0, 0.05) is 0 Å².